The molecule has 0 aliphatic heterocycles. The van der Waals surface area contributed by atoms with Crippen molar-refractivity contribution in [1.82, 2.24) is 5.16 Å². The van der Waals surface area contributed by atoms with E-state index >= 15 is 0 Å². The van der Waals surface area contributed by atoms with E-state index < -0.39 is 5.97 Å². The maximum Gasteiger partial charge on any atom is 0.374 e. The maximum atomic E-state index is 10.7. The summed E-state index contributed by atoms with van der Waals surface area (Å²) in [6, 6.07) is 8.69. The van der Waals surface area contributed by atoms with Crippen molar-refractivity contribution in [3.8, 4) is 11.3 Å². The average Bonchev–Trinajstić information content (AvgIpc) is 2.97. The van der Waals surface area contributed by atoms with Crippen LogP contribution in [0.25, 0.3) is 22.2 Å². The molecule has 0 unspecified atom stereocenters. The number of benzene rings is 1. The van der Waals surface area contributed by atoms with E-state index in [0.29, 0.717) is 5.69 Å². The Balaban J connectivity index is 2.09. The molecule has 5 heteroatoms. The molecule has 84 valence electrons. The van der Waals surface area contributed by atoms with Gasteiger partial charge in [0.15, 0.2) is 0 Å². The number of rotatable bonds is 2. The third-order valence-electron chi connectivity index (χ3n) is 2.47. The predicted molar refractivity (Wildman–Crippen MR) is 58.7 cm³/mol. The number of aromatic carboxylic acids is 1. The zero-order chi connectivity index (χ0) is 11.8. The molecule has 1 N–H and O–H groups in total. The topological polar surface area (TPSA) is 76.5 Å². The van der Waals surface area contributed by atoms with Crippen LogP contribution >= 0.6 is 0 Å². The Morgan fingerprint density at radius 3 is 2.88 bits per heavy atom. The summed E-state index contributed by atoms with van der Waals surface area (Å²) in [6.45, 7) is 0. The highest BCUT2D eigenvalue weighted by Gasteiger charge is 2.12. The van der Waals surface area contributed by atoms with Crippen LogP contribution in [0.4, 0.5) is 0 Å². The lowest BCUT2D eigenvalue weighted by Gasteiger charge is -1.94. The summed E-state index contributed by atoms with van der Waals surface area (Å²) in [6.07, 6.45) is 1.60. The number of aromatic nitrogens is 1. The van der Waals surface area contributed by atoms with Gasteiger partial charge in [0.2, 0.25) is 5.76 Å². The van der Waals surface area contributed by atoms with Crippen LogP contribution in [0.15, 0.2) is 45.5 Å². The quantitative estimate of drug-likeness (QED) is 0.731. The molecule has 0 spiro atoms. The van der Waals surface area contributed by atoms with E-state index in [1.807, 2.05) is 12.1 Å². The van der Waals surface area contributed by atoms with Crippen LogP contribution in [0.5, 0.6) is 0 Å². The van der Waals surface area contributed by atoms with E-state index in [4.69, 9.17) is 14.0 Å². The lowest BCUT2D eigenvalue weighted by atomic mass is 10.1. The molecule has 0 saturated heterocycles. The Hall–Kier alpha value is -2.56. The van der Waals surface area contributed by atoms with Gasteiger partial charge in [-0.2, -0.15) is 0 Å². The number of hydrogen-bond acceptors (Lipinski definition) is 4. The lowest BCUT2D eigenvalue weighted by molar-refractivity contribution is 0.0652. The van der Waals surface area contributed by atoms with Crippen molar-refractivity contribution < 1.29 is 18.8 Å². The van der Waals surface area contributed by atoms with Gasteiger partial charge in [0.1, 0.15) is 11.3 Å². The van der Waals surface area contributed by atoms with E-state index in [1.54, 1.807) is 18.4 Å². The molecule has 0 fully saturated rings. The highest BCUT2D eigenvalue weighted by Crippen LogP contribution is 2.24. The summed E-state index contributed by atoms with van der Waals surface area (Å²) >= 11 is 0. The molecule has 17 heavy (non-hydrogen) atoms. The second-order valence-electron chi connectivity index (χ2n) is 3.55. The van der Waals surface area contributed by atoms with E-state index in [-0.39, 0.29) is 5.76 Å². The van der Waals surface area contributed by atoms with Crippen LogP contribution in [0.3, 0.4) is 0 Å². The fourth-order valence-corrected chi connectivity index (χ4v) is 1.64. The van der Waals surface area contributed by atoms with E-state index in [9.17, 15) is 4.79 Å². The Bertz CT molecular complexity index is 695. The summed E-state index contributed by atoms with van der Waals surface area (Å²) in [7, 11) is 0. The van der Waals surface area contributed by atoms with Gasteiger partial charge in [0.25, 0.3) is 0 Å². The average molecular weight is 229 g/mol. The van der Waals surface area contributed by atoms with Gasteiger partial charge in [-0.15, -0.1) is 0 Å². The third kappa shape index (κ3) is 1.57. The van der Waals surface area contributed by atoms with Gasteiger partial charge in [-0.25, -0.2) is 4.79 Å². The SMILES string of the molecule is O=C(O)c1cc(-c2ccc3occc3c2)no1. The van der Waals surface area contributed by atoms with Crippen molar-refractivity contribution in [3.05, 3.63) is 42.4 Å². The van der Waals surface area contributed by atoms with Crippen LogP contribution in [-0.2, 0) is 0 Å². The van der Waals surface area contributed by atoms with E-state index in [1.165, 1.54) is 6.07 Å². The van der Waals surface area contributed by atoms with Gasteiger partial charge < -0.3 is 14.0 Å². The molecule has 0 aliphatic carbocycles. The first-order chi connectivity index (χ1) is 8.24. The smallest absolute Gasteiger partial charge is 0.374 e. The normalized spacial score (nSPS) is 10.8. The van der Waals surface area contributed by atoms with Gasteiger partial charge in [0.05, 0.1) is 6.26 Å². The molecule has 0 radical (unpaired) electrons. The van der Waals surface area contributed by atoms with Crippen molar-refractivity contribution >= 4 is 16.9 Å². The highest BCUT2D eigenvalue weighted by atomic mass is 16.5. The number of carbonyl (C=O) groups is 1. The molecule has 2 aromatic heterocycles. The molecule has 5 nitrogen and oxygen atoms in total. The van der Waals surface area contributed by atoms with Gasteiger partial charge in [-0.1, -0.05) is 5.16 Å². The van der Waals surface area contributed by atoms with Gasteiger partial charge in [0, 0.05) is 17.0 Å². The van der Waals surface area contributed by atoms with Crippen molar-refractivity contribution in [3.63, 3.8) is 0 Å². The number of hydrogen-bond donors (Lipinski definition) is 1. The molecule has 0 atom stereocenters. The summed E-state index contributed by atoms with van der Waals surface area (Å²) in [5.41, 5.74) is 2.05. The first kappa shape index (κ1) is 9.65. The lowest BCUT2D eigenvalue weighted by Crippen LogP contribution is -1.91. The van der Waals surface area contributed by atoms with Crippen molar-refractivity contribution in [2.24, 2.45) is 0 Å². The molecule has 1 aromatic carbocycles. The fraction of sp³-hybridized carbons (Fsp3) is 0. The third-order valence-corrected chi connectivity index (χ3v) is 2.47. The molecule has 3 rings (SSSR count). The highest BCUT2D eigenvalue weighted by molar-refractivity contribution is 5.87. The fourth-order valence-electron chi connectivity index (χ4n) is 1.64. The maximum absolute atomic E-state index is 10.7. The minimum absolute atomic E-state index is 0.174. The molecule has 0 aliphatic rings. The summed E-state index contributed by atoms with van der Waals surface area (Å²) in [5.74, 6) is -1.31. The monoisotopic (exact) mass is 229 g/mol. The van der Waals surface area contributed by atoms with Crippen LogP contribution in [0.1, 0.15) is 10.6 Å². The first-order valence-electron chi connectivity index (χ1n) is 4.92. The molecular weight excluding hydrogens is 222 g/mol. The number of carboxylic acid groups (broad SMARTS) is 1. The molecule has 0 amide bonds. The summed E-state index contributed by atoms with van der Waals surface area (Å²) in [5, 5.41) is 13.4. The summed E-state index contributed by atoms with van der Waals surface area (Å²) in [4.78, 5) is 10.7. The molecule has 0 bridgehead atoms. The van der Waals surface area contributed by atoms with E-state index in [0.717, 1.165) is 16.5 Å². The van der Waals surface area contributed by atoms with Crippen LogP contribution in [0, 0.1) is 0 Å². The number of carboxylic acids is 1. The molecule has 0 saturated carbocycles. The molecular formula is C12H7NO4. The second-order valence-corrected chi connectivity index (χ2v) is 3.55. The van der Waals surface area contributed by atoms with Crippen molar-refractivity contribution in [2.45, 2.75) is 0 Å². The van der Waals surface area contributed by atoms with Crippen LogP contribution in [0.2, 0.25) is 0 Å². The Labute approximate surface area is 95.3 Å². The van der Waals surface area contributed by atoms with Crippen LogP contribution < -0.4 is 0 Å². The van der Waals surface area contributed by atoms with Crippen LogP contribution in [-0.4, -0.2) is 16.2 Å². The zero-order valence-electron chi connectivity index (χ0n) is 8.58. The Morgan fingerprint density at radius 2 is 2.12 bits per heavy atom. The number of furan rings is 1. The van der Waals surface area contributed by atoms with E-state index in [2.05, 4.69) is 5.16 Å². The van der Waals surface area contributed by atoms with Crippen molar-refractivity contribution in [1.29, 1.82) is 0 Å². The van der Waals surface area contributed by atoms with Crippen molar-refractivity contribution in [2.75, 3.05) is 0 Å². The molecule has 3 aromatic rings. The minimum atomic E-state index is -1.13. The largest absolute Gasteiger partial charge is 0.475 e. The Morgan fingerprint density at radius 1 is 1.24 bits per heavy atom. The first-order valence-corrected chi connectivity index (χ1v) is 4.92. The zero-order valence-corrected chi connectivity index (χ0v) is 8.58. The second kappa shape index (κ2) is 3.48. The van der Waals surface area contributed by atoms with Gasteiger partial charge in [-0.05, 0) is 24.3 Å². The minimum Gasteiger partial charge on any atom is -0.475 e. The summed E-state index contributed by atoms with van der Waals surface area (Å²) < 4.78 is 9.92. The van der Waals surface area contributed by atoms with Gasteiger partial charge >= 0.3 is 5.97 Å². The Kier molecular flexibility index (Phi) is 1.98. The molecule has 2 heterocycles. The number of fused-ring (bicyclic) bond motifs is 1. The number of nitrogens with zero attached hydrogens (tertiary/aromatic N) is 1. The van der Waals surface area contributed by atoms with Gasteiger partial charge in [-0.3, -0.25) is 0 Å². The standard InChI is InChI=1S/C12H7NO4/c14-12(15)11-6-9(13-17-11)7-1-2-10-8(5-7)3-4-16-10/h1-6H,(H,14,15). The predicted octanol–water partition coefficient (Wildman–Crippen LogP) is 2.79.